The highest BCUT2D eigenvalue weighted by Crippen LogP contribution is 2.26. The zero-order chi connectivity index (χ0) is 13.5. The van der Waals surface area contributed by atoms with E-state index in [1.165, 1.54) is 5.56 Å². The van der Waals surface area contributed by atoms with Crippen molar-refractivity contribution < 1.29 is 14.2 Å². The van der Waals surface area contributed by atoms with Gasteiger partial charge in [0.05, 0.1) is 19.8 Å². The molecule has 1 aromatic carbocycles. The van der Waals surface area contributed by atoms with Gasteiger partial charge in [-0.1, -0.05) is 34.7 Å². The van der Waals surface area contributed by atoms with Gasteiger partial charge in [-0.2, -0.15) is 0 Å². The molecule has 0 saturated carbocycles. The molecule has 0 N–H and O–H groups in total. The quantitative estimate of drug-likeness (QED) is 0.561. The minimum Gasteiger partial charge on any atom is -0.497 e. The topological polar surface area (TPSA) is 27.7 Å². The fraction of sp³-hybridized carbons (Fsp3) is 0.600. The number of halogens is 1. The van der Waals surface area contributed by atoms with Crippen LogP contribution in [-0.4, -0.2) is 31.4 Å². The average molecular weight is 376 g/mol. The molecule has 1 heterocycles. The van der Waals surface area contributed by atoms with Crippen molar-refractivity contribution in [2.24, 2.45) is 5.92 Å². The molecule has 2 rings (SSSR count). The molecular formula is C15H21IO3. The maximum Gasteiger partial charge on any atom is 0.119 e. The van der Waals surface area contributed by atoms with Crippen molar-refractivity contribution in [3.05, 3.63) is 29.8 Å². The molecule has 0 aromatic heterocycles. The summed E-state index contributed by atoms with van der Waals surface area (Å²) in [6, 6.07) is 8.15. The lowest BCUT2D eigenvalue weighted by atomic mass is 10.0. The molecule has 1 aliphatic heterocycles. The zero-order valence-electron chi connectivity index (χ0n) is 11.3. The van der Waals surface area contributed by atoms with Gasteiger partial charge < -0.3 is 14.2 Å². The Morgan fingerprint density at radius 3 is 2.84 bits per heavy atom. The fourth-order valence-electron chi connectivity index (χ4n) is 2.24. The van der Waals surface area contributed by atoms with Gasteiger partial charge in [-0.25, -0.2) is 0 Å². The van der Waals surface area contributed by atoms with Crippen LogP contribution in [0.25, 0.3) is 0 Å². The lowest BCUT2D eigenvalue weighted by Gasteiger charge is -2.24. The molecule has 4 heteroatoms. The lowest BCUT2D eigenvalue weighted by Crippen LogP contribution is -2.21. The van der Waals surface area contributed by atoms with Crippen LogP contribution in [0.1, 0.15) is 24.5 Å². The van der Waals surface area contributed by atoms with Crippen molar-refractivity contribution in [1.29, 1.82) is 0 Å². The Labute approximate surface area is 128 Å². The number of hydrogen-bond donors (Lipinski definition) is 0. The van der Waals surface area contributed by atoms with E-state index < -0.39 is 0 Å². The monoisotopic (exact) mass is 376 g/mol. The van der Waals surface area contributed by atoms with Crippen LogP contribution in [0.3, 0.4) is 0 Å². The second kappa shape index (κ2) is 8.07. The van der Waals surface area contributed by atoms with E-state index >= 15 is 0 Å². The Morgan fingerprint density at radius 1 is 1.37 bits per heavy atom. The molecule has 19 heavy (non-hydrogen) atoms. The van der Waals surface area contributed by atoms with Gasteiger partial charge in [0.2, 0.25) is 0 Å². The van der Waals surface area contributed by atoms with E-state index in [-0.39, 0.29) is 6.10 Å². The molecule has 0 amide bonds. The summed E-state index contributed by atoms with van der Waals surface area (Å²) in [6.45, 7) is 2.58. The summed E-state index contributed by atoms with van der Waals surface area (Å²) in [5, 5.41) is 0. The van der Waals surface area contributed by atoms with Crippen LogP contribution < -0.4 is 4.74 Å². The van der Waals surface area contributed by atoms with Crippen LogP contribution in [0.5, 0.6) is 5.75 Å². The van der Waals surface area contributed by atoms with Crippen molar-refractivity contribution in [2.75, 3.05) is 31.4 Å². The predicted octanol–water partition coefficient (Wildman–Crippen LogP) is 3.61. The van der Waals surface area contributed by atoms with Crippen LogP contribution in [0.15, 0.2) is 24.3 Å². The van der Waals surface area contributed by atoms with Gasteiger partial charge in [0.15, 0.2) is 0 Å². The van der Waals surface area contributed by atoms with Crippen LogP contribution in [0, 0.1) is 5.92 Å². The number of hydrogen-bond acceptors (Lipinski definition) is 3. The molecule has 106 valence electrons. The van der Waals surface area contributed by atoms with Crippen molar-refractivity contribution in [2.45, 2.75) is 18.9 Å². The maximum absolute atomic E-state index is 6.10. The summed E-state index contributed by atoms with van der Waals surface area (Å²) in [7, 11) is 1.70. The first-order valence-corrected chi connectivity index (χ1v) is 8.25. The van der Waals surface area contributed by atoms with Crippen molar-refractivity contribution in [3.8, 4) is 5.75 Å². The number of alkyl halides is 1. The second-order valence-corrected chi connectivity index (χ2v) is 5.69. The Kier molecular flexibility index (Phi) is 6.40. The number of rotatable bonds is 6. The van der Waals surface area contributed by atoms with Gasteiger partial charge in [0, 0.05) is 17.6 Å². The lowest BCUT2D eigenvalue weighted by molar-refractivity contribution is -0.00327. The van der Waals surface area contributed by atoms with Crippen molar-refractivity contribution in [3.63, 3.8) is 0 Å². The summed E-state index contributed by atoms with van der Waals surface area (Å²) in [5.41, 5.74) is 1.20. The van der Waals surface area contributed by atoms with E-state index in [4.69, 9.17) is 14.2 Å². The van der Waals surface area contributed by atoms with Gasteiger partial charge in [-0.15, -0.1) is 0 Å². The minimum atomic E-state index is 0.151. The Morgan fingerprint density at radius 2 is 2.16 bits per heavy atom. The smallest absolute Gasteiger partial charge is 0.119 e. The third kappa shape index (κ3) is 4.61. The highest BCUT2D eigenvalue weighted by Gasteiger charge is 2.17. The zero-order valence-corrected chi connectivity index (χ0v) is 13.5. The minimum absolute atomic E-state index is 0.151. The summed E-state index contributed by atoms with van der Waals surface area (Å²) >= 11 is 2.38. The van der Waals surface area contributed by atoms with Crippen LogP contribution in [0.2, 0.25) is 0 Å². The molecular weight excluding hydrogens is 355 g/mol. The summed E-state index contributed by atoms with van der Waals surface area (Å²) in [6.07, 6.45) is 2.39. The van der Waals surface area contributed by atoms with E-state index in [2.05, 4.69) is 34.7 Å². The first-order valence-electron chi connectivity index (χ1n) is 6.72. The van der Waals surface area contributed by atoms with Gasteiger partial charge >= 0.3 is 0 Å². The van der Waals surface area contributed by atoms with Gasteiger partial charge in [-0.05, 0) is 36.5 Å². The van der Waals surface area contributed by atoms with E-state index in [0.717, 1.165) is 42.8 Å². The number of ether oxygens (including phenoxy) is 3. The molecule has 0 bridgehead atoms. The van der Waals surface area contributed by atoms with Gasteiger partial charge in [0.25, 0.3) is 0 Å². The van der Waals surface area contributed by atoms with Crippen LogP contribution in [-0.2, 0) is 9.47 Å². The molecule has 3 nitrogen and oxygen atoms in total. The molecule has 1 atom stereocenters. The van der Waals surface area contributed by atoms with Gasteiger partial charge in [0.1, 0.15) is 5.75 Å². The SMILES string of the molecule is COc1cccc(C(CI)OCC2CCOCC2)c1. The second-order valence-electron chi connectivity index (χ2n) is 4.81. The van der Waals surface area contributed by atoms with Gasteiger partial charge in [-0.3, -0.25) is 0 Å². The summed E-state index contributed by atoms with van der Waals surface area (Å²) in [4.78, 5) is 0. The molecule has 1 aliphatic rings. The van der Waals surface area contributed by atoms with E-state index in [0.29, 0.717) is 5.92 Å². The largest absolute Gasteiger partial charge is 0.497 e. The first kappa shape index (κ1) is 15.1. The Bertz CT molecular complexity index is 377. The summed E-state index contributed by atoms with van der Waals surface area (Å²) in [5.74, 6) is 1.53. The third-order valence-electron chi connectivity index (χ3n) is 3.48. The third-order valence-corrected chi connectivity index (χ3v) is 4.28. The first-order chi connectivity index (χ1) is 9.33. The molecule has 0 aliphatic carbocycles. The highest BCUT2D eigenvalue weighted by molar-refractivity contribution is 14.1. The molecule has 1 unspecified atom stereocenters. The molecule has 1 aromatic rings. The average Bonchev–Trinajstić information content (AvgIpc) is 2.49. The maximum atomic E-state index is 6.10. The van der Waals surface area contributed by atoms with Crippen LogP contribution >= 0.6 is 22.6 Å². The number of methoxy groups -OCH3 is 1. The standard InChI is InChI=1S/C15H21IO3/c1-17-14-4-2-3-13(9-14)15(10-16)19-11-12-5-7-18-8-6-12/h2-4,9,12,15H,5-8,10-11H2,1H3. The molecule has 0 radical (unpaired) electrons. The molecule has 1 fully saturated rings. The van der Waals surface area contributed by atoms with Crippen LogP contribution in [0.4, 0.5) is 0 Å². The van der Waals surface area contributed by atoms with E-state index in [1.807, 2.05) is 12.1 Å². The summed E-state index contributed by atoms with van der Waals surface area (Å²) < 4.78 is 17.7. The van der Waals surface area contributed by atoms with E-state index in [1.54, 1.807) is 7.11 Å². The fourth-order valence-corrected chi connectivity index (χ4v) is 3.00. The predicted molar refractivity (Wildman–Crippen MR) is 84.1 cm³/mol. The van der Waals surface area contributed by atoms with Crippen molar-refractivity contribution in [1.82, 2.24) is 0 Å². The van der Waals surface area contributed by atoms with Crippen molar-refractivity contribution >= 4 is 22.6 Å². The number of benzene rings is 1. The molecule has 1 saturated heterocycles. The Balaban J connectivity index is 1.91. The Hall–Kier alpha value is -0.330. The van der Waals surface area contributed by atoms with E-state index in [9.17, 15) is 0 Å². The molecule has 0 spiro atoms. The normalized spacial score (nSPS) is 18.2. The highest BCUT2D eigenvalue weighted by atomic mass is 127.